The summed E-state index contributed by atoms with van der Waals surface area (Å²) < 4.78 is 2.01. The van der Waals surface area contributed by atoms with Gasteiger partial charge in [-0.05, 0) is 107 Å². The van der Waals surface area contributed by atoms with Crippen LogP contribution in [0.15, 0.2) is 30.6 Å². The number of benzene rings is 1. The maximum Gasteiger partial charge on any atom is 0.0955 e. The van der Waals surface area contributed by atoms with E-state index >= 15 is 0 Å². The Bertz CT molecular complexity index is 4090. The van der Waals surface area contributed by atoms with Crippen molar-refractivity contribution >= 4 is 11.0 Å². The van der Waals surface area contributed by atoms with Gasteiger partial charge in [-0.3, -0.25) is 0 Å². The smallest absolute Gasteiger partial charge is 0.0955 e. The molecule has 2 aromatic rings. The molecule has 1 aromatic heterocycles. The lowest BCUT2D eigenvalue weighted by Gasteiger charge is -1.90. The molecule has 2 nitrogen and oxygen atoms in total. The van der Waals surface area contributed by atoms with Crippen molar-refractivity contribution in [2.75, 3.05) is 0 Å². The van der Waals surface area contributed by atoms with E-state index in [2.05, 4.69) is 343 Å². The van der Waals surface area contributed by atoms with Crippen LogP contribution in [0.1, 0.15) is 0 Å². The van der Waals surface area contributed by atoms with Gasteiger partial charge < -0.3 is 4.57 Å². The van der Waals surface area contributed by atoms with Gasteiger partial charge in [0.2, 0.25) is 0 Å². The molecule has 0 amide bonds. The minimum Gasteiger partial charge on any atom is -0.334 e. The molecule has 68 heavy (non-hydrogen) atoms. The van der Waals surface area contributed by atoms with Gasteiger partial charge in [0.1, 0.15) is 0 Å². The molecule has 0 saturated heterocycles. The average molecular weight is 831 g/mol. The minimum absolute atomic E-state index is 1.06. The molecule has 0 bridgehead atoms. The summed E-state index contributed by atoms with van der Waals surface area (Å²) in [5, 5.41) is 0. The number of rotatable bonds is 0. The Hall–Kier alpha value is -14.1. The van der Waals surface area contributed by atoms with E-state index in [0.717, 1.165) is 5.52 Å². The molecule has 284 valence electrons. The van der Waals surface area contributed by atoms with Crippen molar-refractivity contribution in [2.45, 2.75) is 0 Å². The summed E-state index contributed by atoms with van der Waals surface area (Å²) in [6.45, 7) is 0. The Kier molecular flexibility index (Phi) is 33.6. The first kappa shape index (κ1) is 51.9. The molecular formula is C66H10N2. The van der Waals surface area contributed by atoms with Crippen LogP contribution in [0.4, 0.5) is 0 Å². The highest BCUT2D eigenvalue weighted by Gasteiger charge is 1.94. The molecule has 0 spiro atoms. The van der Waals surface area contributed by atoms with Crippen LogP contribution in [0, 0.1) is 344 Å². The van der Waals surface area contributed by atoms with Gasteiger partial charge in [0.25, 0.3) is 0 Å². The van der Waals surface area contributed by atoms with E-state index in [1.54, 1.807) is 0 Å². The summed E-state index contributed by atoms with van der Waals surface area (Å²) in [4.78, 5) is 4.18. The summed E-state index contributed by atoms with van der Waals surface area (Å²) >= 11 is 0. The fourth-order valence-electron chi connectivity index (χ4n) is 2.78. The van der Waals surface area contributed by atoms with E-state index < -0.39 is 0 Å². The topological polar surface area (TPSA) is 17.8 Å². The minimum atomic E-state index is 1.06. The summed E-state index contributed by atoms with van der Waals surface area (Å²) in [7, 11) is 2.00. The van der Waals surface area contributed by atoms with Crippen LogP contribution in [0.25, 0.3) is 11.0 Å². The summed E-state index contributed by atoms with van der Waals surface area (Å²) in [6.07, 6.45) is 11.7. The maximum atomic E-state index is 4.94. The molecule has 1 aromatic carbocycles. The molecule has 0 aliphatic rings. The Morgan fingerprint density at radius 2 is 0.426 bits per heavy atom. The molecule has 0 radical (unpaired) electrons. The van der Waals surface area contributed by atoms with Crippen LogP contribution in [-0.2, 0) is 7.05 Å². The predicted molar refractivity (Wildman–Crippen MR) is 268 cm³/mol. The zero-order valence-corrected chi connectivity index (χ0v) is 34.9. The van der Waals surface area contributed by atoms with Crippen LogP contribution in [0.2, 0.25) is 0 Å². The standard InChI is InChI=1S/C58H2.C8H8N2/c1-3-5-7-9-11-13-15-17-19-21-23-25-27-29-31-33-35-37-39-41-43-45-47-49-51-53-55-57-58-56-54-52-50-48-46-44-42-40-38-36-34-32-30-28-26-24-22-20-18-16-14-12-10-8-6-4-2;1-10-6-9-7-4-2-3-5-8(7)10/h1-2H;2-6H,1H3. The molecule has 0 fully saturated rings. The van der Waals surface area contributed by atoms with Crippen LogP contribution in [0.5, 0.6) is 0 Å². The van der Waals surface area contributed by atoms with Crippen LogP contribution < -0.4 is 0 Å². The second-order valence-electron chi connectivity index (χ2n) is 9.38. The van der Waals surface area contributed by atoms with Crippen molar-refractivity contribution in [2.24, 2.45) is 7.05 Å². The first-order valence-electron chi connectivity index (χ1n) is 17.6. The van der Waals surface area contributed by atoms with Gasteiger partial charge in [-0.25, -0.2) is 4.98 Å². The lowest BCUT2D eigenvalue weighted by atomic mass is 10.3. The number of hydrogen-bond donors (Lipinski definition) is 0. The number of fused-ring (bicyclic) bond motifs is 1. The van der Waals surface area contributed by atoms with Crippen molar-refractivity contribution in [1.29, 1.82) is 0 Å². The fourth-order valence-corrected chi connectivity index (χ4v) is 2.78. The Morgan fingerprint density at radius 1 is 0.265 bits per heavy atom. The molecule has 0 unspecified atom stereocenters. The summed E-state index contributed by atoms with van der Waals surface area (Å²) in [5.74, 6) is 138. The van der Waals surface area contributed by atoms with E-state index in [1.165, 1.54) is 5.52 Å². The SMILES string of the molecule is C#CC#CC#CC#CC#CC#CC#CC#CC#CC#CC#CC#CC#CC#CC#CC#CC#CC#CC#CC#CC#CC#CC#CC#CC#CC#CC#CC#CC#C.Cn1cnc2ccccc21. The fraction of sp³-hybridized carbons (Fsp3) is 0.0152. The molecule has 0 aliphatic carbocycles. The molecule has 0 N–H and O–H groups in total. The van der Waals surface area contributed by atoms with Crippen LogP contribution >= 0.6 is 0 Å². The van der Waals surface area contributed by atoms with E-state index in [-0.39, 0.29) is 0 Å². The van der Waals surface area contributed by atoms with Crippen molar-refractivity contribution in [3.63, 3.8) is 0 Å². The average Bonchev–Trinajstić information content (AvgIpc) is 3.74. The first-order valence-corrected chi connectivity index (χ1v) is 17.6. The molecule has 2 heteroatoms. The second-order valence-corrected chi connectivity index (χ2v) is 9.38. The number of para-hydroxylation sites is 2. The van der Waals surface area contributed by atoms with Crippen molar-refractivity contribution in [3.8, 4) is 344 Å². The molecule has 1 heterocycles. The zero-order chi connectivity index (χ0) is 48.6. The molecule has 2 rings (SSSR count). The number of aromatic nitrogens is 2. The first-order chi connectivity index (χ1) is 33.8. The number of nitrogens with zero attached hydrogens (tertiary/aromatic N) is 2. The zero-order valence-electron chi connectivity index (χ0n) is 34.9. The number of imidazole rings is 1. The quantitative estimate of drug-likeness (QED) is 0.372. The van der Waals surface area contributed by atoms with Gasteiger partial charge in [0.15, 0.2) is 0 Å². The van der Waals surface area contributed by atoms with E-state index in [1.807, 2.05) is 36.1 Å². The van der Waals surface area contributed by atoms with Gasteiger partial charge in [0, 0.05) is 244 Å². The third-order valence-electron chi connectivity index (χ3n) is 5.09. The van der Waals surface area contributed by atoms with Gasteiger partial charge in [0.05, 0.1) is 17.4 Å². The lowest BCUT2D eigenvalue weighted by molar-refractivity contribution is 0.948. The van der Waals surface area contributed by atoms with Gasteiger partial charge in [-0.2, -0.15) is 0 Å². The van der Waals surface area contributed by atoms with Crippen LogP contribution in [0.3, 0.4) is 0 Å². The third kappa shape index (κ3) is 36.3. The normalized spacial score (nSPS) is 4.87. The largest absolute Gasteiger partial charge is 0.334 e. The Morgan fingerprint density at radius 3 is 0.588 bits per heavy atom. The van der Waals surface area contributed by atoms with Crippen molar-refractivity contribution in [3.05, 3.63) is 30.6 Å². The van der Waals surface area contributed by atoms with Crippen molar-refractivity contribution < 1.29 is 0 Å². The summed E-state index contributed by atoms with van der Waals surface area (Å²) in [5.41, 5.74) is 2.24. The third-order valence-corrected chi connectivity index (χ3v) is 5.09. The van der Waals surface area contributed by atoms with Gasteiger partial charge in [-0.1, -0.05) is 12.1 Å². The highest BCUT2D eigenvalue weighted by atomic mass is 15.0. The van der Waals surface area contributed by atoms with Gasteiger partial charge in [-0.15, -0.1) is 12.8 Å². The maximum absolute atomic E-state index is 4.94. The highest BCUT2D eigenvalue weighted by Crippen LogP contribution is 2.08. The number of aryl methyl sites for hydroxylation is 1. The van der Waals surface area contributed by atoms with E-state index in [0.29, 0.717) is 0 Å². The predicted octanol–water partition coefficient (Wildman–Crippen LogP) is 1.92. The van der Waals surface area contributed by atoms with Crippen molar-refractivity contribution in [1.82, 2.24) is 9.55 Å². The molecule has 0 atom stereocenters. The van der Waals surface area contributed by atoms with Gasteiger partial charge >= 0.3 is 0 Å². The number of hydrogen-bond acceptors (Lipinski definition) is 1. The number of terminal acetylenes is 2. The Labute approximate surface area is 400 Å². The summed E-state index contributed by atoms with van der Waals surface area (Å²) in [6, 6.07) is 8.08. The lowest BCUT2D eigenvalue weighted by Crippen LogP contribution is -1.81. The van der Waals surface area contributed by atoms with Crippen LogP contribution in [-0.4, -0.2) is 9.55 Å². The molecular weight excluding hydrogens is 821 g/mol. The van der Waals surface area contributed by atoms with E-state index in [4.69, 9.17) is 12.8 Å². The second kappa shape index (κ2) is 44.0. The monoisotopic (exact) mass is 830 g/mol. The molecule has 0 aliphatic heterocycles. The van der Waals surface area contributed by atoms with E-state index in [9.17, 15) is 0 Å². The Balaban J connectivity index is 0.00000200. The molecule has 0 saturated carbocycles. The highest BCUT2D eigenvalue weighted by molar-refractivity contribution is 5.74.